The van der Waals surface area contributed by atoms with Crippen molar-refractivity contribution in [2.45, 2.75) is 57.2 Å². The van der Waals surface area contributed by atoms with Gasteiger partial charge in [0.15, 0.2) is 0 Å². The standard InChI is InChI=1S/C15H21BrCl2S/c1-2-3-4-10-5-7-11(8-6-10)14(17)13-9-12(16)15(18)19-13/h9-11,14H,2-8H2,1H3. The first-order valence-corrected chi connectivity index (χ1v) is 9.63. The molecular weight excluding hydrogens is 363 g/mol. The van der Waals surface area contributed by atoms with Crippen molar-refractivity contribution in [1.82, 2.24) is 0 Å². The van der Waals surface area contributed by atoms with E-state index in [1.807, 2.05) is 0 Å². The van der Waals surface area contributed by atoms with Crippen LogP contribution in [-0.2, 0) is 0 Å². The molecule has 19 heavy (non-hydrogen) atoms. The van der Waals surface area contributed by atoms with Crippen molar-refractivity contribution < 1.29 is 0 Å². The van der Waals surface area contributed by atoms with E-state index in [-0.39, 0.29) is 5.38 Å². The van der Waals surface area contributed by atoms with Crippen molar-refractivity contribution in [1.29, 1.82) is 0 Å². The van der Waals surface area contributed by atoms with E-state index in [0.29, 0.717) is 5.92 Å². The average molecular weight is 384 g/mol. The molecule has 0 saturated heterocycles. The van der Waals surface area contributed by atoms with Crippen LogP contribution in [-0.4, -0.2) is 0 Å². The second kappa shape index (κ2) is 7.68. The summed E-state index contributed by atoms with van der Waals surface area (Å²) < 4.78 is 1.80. The van der Waals surface area contributed by atoms with Crippen molar-refractivity contribution in [2.75, 3.05) is 0 Å². The van der Waals surface area contributed by atoms with Crippen LogP contribution in [0.1, 0.15) is 62.1 Å². The van der Waals surface area contributed by atoms with E-state index in [0.717, 1.165) is 14.7 Å². The van der Waals surface area contributed by atoms with Crippen LogP contribution >= 0.6 is 50.5 Å². The molecule has 1 aromatic heterocycles. The molecule has 1 unspecified atom stereocenters. The lowest BCUT2D eigenvalue weighted by Crippen LogP contribution is -2.17. The van der Waals surface area contributed by atoms with Gasteiger partial charge in [0.1, 0.15) is 4.34 Å². The first-order chi connectivity index (χ1) is 9.11. The molecule has 0 amide bonds. The zero-order valence-corrected chi connectivity index (χ0v) is 15.2. The maximum atomic E-state index is 6.65. The highest BCUT2D eigenvalue weighted by Gasteiger charge is 2.28. The van der Waals surface area contributed by atoms with Crippen LogP contribution in [0.3, 0.4) is 0 Å². The lowest BCUT2D eigenvalue weighted by Gasteiger charge is -2.30. The van der Waals surface area contributed by atoms with Gasteiger partial charge in [0, 0.05) is 9.35 Å². The van der Waals surface area contributed by atoms with E-state index < -0.39 is 0 Å². The van der Waals surface area contributed by atoms with Gasteiger partial charge in [-0.2, -0.15) is 0 Å². The Hall–Kier alpha value is 0.760. The molecule has 1 heterocycles. The topological polar surface area (TPSA) is 0 Å². The Morgan fingerprint density at radius 2 is 2.05 bits per heavy atom. The molecule has 0 nitrogen and oxygen atoms in total. The smallest absolute Gasteiger partial charge is 0.107 e. The van der Waals surface area contributed by atoms with Gasteiger partial charge in [0.25, 0.3) is 0 Å². The summed E-state index contributed by atoms with van der Waals surface area (Å²) in [5.41, 5.74) is 0. The minimum atomic E-state index is 0.140. The third-order valence-electron chi connectivity index (χ3n) is 4.21. The second-order valence-corrected chi connectivity index (χ2v) is 8.61. The van der Waals surface area contributed by atoms with E-state index >= 15 is 0 Å². The number of hydrogen-bond acceptors (Lipinski definition) is 1. The predicted molar refractivity (Wildman–Crippen MR) is 90.6 cm³/mol. The fourth-order valence-corrected chi connectivity index (χ4v) is 5.25. The van der Waals surface area contributed by atoms with Gasteiger partial charge in [-0.1, -0.05) is 50.6 Å². The van der Waals surface area contributed by atoms with Crippen LogP contribution in [0.2, 0.25) is 4.34 Å². The second-order valence-electron chi connectivity index (χ2n) is 5.60. The number of hydrogen-bond donors (Lipinski definition) is 0. The Bertz CT molecular complexity index is 377. The molecule has 0 aliphatic heterocycles. The van der Waals surface area contributed by atoms with Gasteiger partial charge in [-0.05, 0) is 46.7 Å². The highest BCUT2D eigenvalue weighted by Crippen LogP contribution is 2.45. The van der Waals surface area contributed by atoms with Gasteiger partial charge in [0.05, 0.1) is 5.38 Å². The Morgan fingerprint density at radius 1 is 1.37 bits per heavy atom. The van der Waals surface area contributed by atoms with E-state index in [2.05, 4.69) is 28.9 Å². The van der Waals surface area contributed by atoms with Gasteiger partial charge in [-0.25, -0.2) is 0 Å². The summed E-state index contributed by atoms with van der Waals surface area (Å²) in [5, 5.41) is 0.140. The third kappa shape index (κ3) is 4.36. The summed E-state index contributed by atoms with van der Waals surface area (Å²) in [5.74, 6) is 1.57. The van der Waals surface area contributed by atoms with Crippen molar-refractivity contribution in [3.63, 3.8) is 0 Å². The summed E-state index contributed by atoms with van der Waals surface area (Å²) in [4.78, 5) is 1.22. The number of rotatable bonds is 5. The number of alkyl halides is 1. The van der Waals surface area contributed by atoms with E-state index in [9.17, 15) is 0 Å². The van der Waals surface area contributed by atoms with Crippen LogP contribution in [0, 0.1) is 11.8 Å². The maximum Gasteiger partial charge on any atom is 0.107 e. The van der Waals surface area contributed by atoms with Crippen molar-refractivity contribution in [3.05, 3.63) is 19.8 Å². The molecule has 2 rings (SSSR count). The largest absolute Gasteiger partial charge is 0.126 e. The monoisotopic (exact) mass is 382 g/mol. The molecule has 0 aromatic carbocycles. The predicted octanol–water partition coefficient (Wildman–Crippen LogP) is 7.44. The van der Waals surface area contributed by atoms with Crippen LogP contribution < -0.4 is 0 Å². The van der Waals surface area contributed by atoms with Crippen LogP contribution in [0.5, 0.6) is 0 Å². The molecule has 0 radical (unpaired) electrons. The SMILES string of the molecule is CCCCC1CCC(C(Cl)c2cc(Br)c(Cl)s2)CC1. The van der Waals surface area contributed by atoms with Crippen LogP contribution in [0.4, 0.5) is 0 Å². The van der Waals surface area contributed by atoms with Crippen LogP contribution in [0.25, 0.3) is 0 Å². The fourth-order valence-electron chi connectivity index (χ4n) is 2.99. The van der Waals surface area contributed by atoms with E-state index in [1.54, 1.807) is 11.3 Å². The molecule has 1 aromatic rings. The Balaban J connectivity index is 1.87. The minimum Gasteiger partial charge on any atom is -0.126 e. The van der Waals surface area contributed by atoms with Gasteiger partial charge in [-0.15, -0.1) is 22.9 Å². The van der Waals surface area contributed by atoms with Crippen LogP contribution in [0.15, 0.2) is 10.5 Å². The van der Waals surface area contributed by atoms with Gasteiger partial charge >= 0.3 is 0 Å². The number of halogens is 3. The number of thiophene rings is 1. The Kier molecular flexibility index (Phi) is 6.52. The lowest BCUT2D eigenvalue weighted by atomic mass is 9.78. The summed E-state index contributed by atoms with van der Waals surface area (Å²) >= 11 is 17.8. The molecule has 108 valence electrons. The fraction of sp³-hybridized carbons (Fsp3) is 0.733. The zero-order chi connectivity index (χ0) is 13.8. The summed E-state index contributed by atoms with van der Waals surface area (Å²) in [7, 11) is 0. The Labute approximate surface area is 139 Å². The Morgan fingerprint density at radius 3 is 2.58 bits per heavy atom. The van der Waals surface area contributed by atoms with Crippen molar-refractivity contribution in [3.8, 4) is 0 Å². The molecule has 1 atom stereocenters. The summed E-state index contributed by atoms with van der Waals surface area (Å²) in [6.45, 7) is 2.28. The molecule has 1 aliphatic carbocycles. The quantitative estimate of drug-likeness (QED) is 0.463. The third-order valence-corrected chi connectivity index (χ3v) is 7.49. The molecular formula is C15H21BrCl2S. The highest BCUT2D eigenvalue weighted by atomic mass is 79.9. The van der Waals surface area contributed by atoms with Gasteiger partial charge in [0.2, 0.25) is 0 Å². The summed E-state index contributed by atoms with van der Waals surface area (Å²) in [6.07, 6.45) is 9.37. The van der Waals surface area contributed by atoms with Gasteiger partial charge < -0.3 is 0 Å². The lowest BCUT2D eigenvalue weighted by molar-refractivity contribution is 0.255. The first kappa shape index (κ1) is 16.1. The van der Waals surface area contributed by atoms with E-state index in [1.165, 1.54) is 49.8 Å². The zero-order valence-electron chi connectivity index (χ0n) is 11.3. The molecule has 4 heteroatoms. The van der Waals surface area contributed by atoms with Crippen molar-refractivity contribution in [2.24, 2.45) is 11.8 Å². The van der Waals surface area contributed by atoms with Gasteiger partial charge in [-0.3, -0.25) is 0 Å². The normalized spacial score (nSPS) is 25.5. The molecule has 0 N–H and O–H groups in total. The molecule has 1 saturated carbocycles. The maximum absolute atomic E-state index is 6.65. The molecule has 0 spiro atoms. The molecule has 0 bridgehead atoms. The number of unbranched alkanes of at least 4 members (excludes halogenated alkanes) is 1. The summed E-state index contributed by atoms with van der Waals surface area (Å²) in [6, 6.07) is 2.09. The molecule has 1 fully saturated rings. The van der Waals surface area contributed by atoms with E-state index in [4.69, 9.17) is 23.2 Å². The highest BCUT2D eigenvalue weighted by molar-refractivity contribution is 9.10. The average Bonchev–Trinajstić information content (AvgIpc) is 2.76. The first-order valence-electron chi connectivity index (χ1n) is 7.20. The molecule has 1 aliphatic rings. The van der Waals surface area contributed by atoms with Crippen molar-refractivity contribution >= 4 is 50.5 Å². The minimum absolute atomic E-state index is 0.140.